The van der Waals surface area contributed by atoms with E-state index in [0.717, 1.165) is 16.8 Å². The van der Waals surface area contributed by atoms with E-state index in [1.54, 1.807) is 18.5 Å². The lowest BCUT2D eigenvalue weighted by Gasteiger charge is -2.11. The van der Waals surface area contributed by atoms with Crippen LogP contribution in [0, 0.1) is 6.92 Å². The zero-order valence-electron chi connectivity index (χ0n) is 13.5. The summed E-state index contributed by atoms with van der Waals surface area (Å²) in [4.78, 5) is 4.32. The maximum Gasteiger partial charge on any atom is 0.118 e. The molecule has 0 amide bonds. The molecular weight excluding hydrogens is 286 g/mol. The van der Waals surface area contributed by atoms with Crippen molar-refractivity contribution in [2.75, 3.05) is 0 Å². The Kier molecular flexibility index (Phi) is 4.46. The number of nitrogens with zero attached hydrogens (tertiary/aromatic N) is 3. The Morgan fingerprint density at radius 2 is 2.22 bits per heavy atom. The fraction of sp³-hybridized carbons (Fsp3) is 0.333. The van der Waals surface area contributed by atoms with Crippen molar-refractivity contribution in [1.29, 1.82) is 0 Å². The molecule has 0 atom stereocenters. The topological polar surface area (TPSA) is 67.7 Å². The first-order chi connectivity index (χ1) is 11.1. The summed E-state index contributed by atoms with van der Waals surface area (Å²) in [6.07, 6.45) is 10.3. The molecule has 23 heavy (non-hydrogen) atoms. The van der Waals surface area contributed by atoms with Crippen LogP contribution < -0.4 is 11.1 Å². The van der Waals surface area contributed by atoms with Gasteiger partial charge in [-0.25, -0.2) is 9.51 Å². The molecule has 1 aliphatic rings. The Morgan fingerprint density at radius 3 is 3.00 bits per heavy atom. The zero-order chi connectivity index (χ0) is 16.2. The normalized spacial score (nSPS) is 16.5. The largest absolute Gasteiger partial charge is 0.398 e. The van der Waals surface area contributed by atoms with Crippen LogP contribution in [0.25, 0.3) is 11.2 Å². The first kappa shape index (κ1) is 15.3. The van der Waals surface area contributed by atoms with E-state index in [2.05, 4.69) is 22.0 Å². The molecule has 1 aliphatic carbocycles. The van der Waals surface area contributed by atoms with Crippen molar-refractivity contribution in [3.05, 3.63) is 54.1 Å². The third-order valence-electron chi connectivity index (χ3n) is 4.25. The Bertz CT molecular complexity index is 763. The molecule has 3 rings (SSSR count). The standard InChI is InChI=1S/C18H23N5/c1-13-6-5-9-18-16(12-21-23(13)18)17(19)10-11-20-14(2)22-15-7-3-4-8-15/h5-6,9-12,15,22H,2-4,7-8,19H2,1H3/b17-10-,20-11?. The predicted octanol–water partition coefficient (Wildman–Crippen LogP) is 3.02. The number of hydrogen-bond acceptors (Lipinski definition) is 4. The van der Waals surface area contributed by atoms with Gasteiger partial charge in [-0.05, 0) is 38.0 Å². The number of rotatable bonds is 5. The van der Waals surface area contributed by atoms with Crippen LogP contribution in [0.1, 0.15) is 36.9 Å². The van der Waals surface area contributed by atoms with E-state index >= 15 is 0 Å². The molecule has 0 spiro atoms. The highest BCUT2D eigenvalue weighted by Crippen LogP contribution is 2.19. The second-order valence-corrected chi connectivity index (χ2v) is 6.00. The highest BCUT2D eigenvalue weighted by atomic mass is 15.2. The van der Waals surface area contributed by atoms with Crippen LogP contribution >= 0.6 is 0 Å². The van der Waals surface area contributed by atoms with Gasteiger partial charge in [0.2, 0.25) is 0 Å². The molecule has 2 heterocycles. The quantitative estimate of drug-likeness (QED) is 0.834. The molecule has 3 N–H and O–H groups in total. The molecule has 1 fully saturated rings. The molecule has 2 aromatic rings. The highest BCUT2D eigenvalue weighted by molar-refractivity contribution is 5.87. The van der Waals surface area contributed by atoms with Crippen molar-refractivity contribution >= 4 is 17.4 Å². The maximum atomic E-state index is 6.17. The zero-order valence-corrected chi connectivity index (χ0v) is 13.5. The molecule has 0 radical (unpaired) electrons. The van der Waals surface area contributed by atoms with Crippen LogP contribution in [0.5, 0.6) is 0 Å². The first-order valence-corrected chi connectivity index (χ1v) is 8.04. The minimum atomic E-state index is 0.517. The number of fused-ring (bicyclic) bond motifs is 1. The number of nitrogens with two attached hydrogens (primary N) is 1. The number of aliphatic imine (C=N–C) groups is 1. The molecule has 2 aromatic heterocycles. The van der Waals surface area contributed by atoms with E-state index in [9.17, 15) is 0 Å². The predicted molar refractivity (Wildman–Crippen MR) is 95.1 cm³/mol. The second-order valence-electron chi connectivity index (χ2n) is 6.00. The first-order valence-electron chi connectivity index (χ1n) is 8.04. The molecular formula is C18H23N5. The van der Waals surface area contributed by atoms with Gasteiger partial charge in [0.05, 0.1) is 11.7 Å². The highest BCUT2D eigenvalue weighted by Gasteiger charge is 2.14. The Balaban J connectivity index is 1.70. The molecule has 0 unspecified atom stereocenters. The summed E-state index contributed by atoms with van der Waals surface area (Å²) >= 11 is 0. The summed E-state index contributed by atoms with van der Waals surface area (Å²) in [5.41, 5.74) is 9.79. The van der Waals surface area contributed by atoms with Gasteiger partial charge in [0, 0.05) is 29.2 Å². The summed E-state index contributed by atoms with van der Waals surface area (Å²) in [7, 11) is 0. The fourth-order valence-corrected chi connectivity index (χ4v) is 3.01. The fourth-order valence-electron chi connectivity index (χ4n) is 3.01. The van der Waals surface area contributed by atoms with Crippen molar-refractivity contribution in [3.63, 3.8) is 0 Å². The van der Waals surface area contributed by atoms with Crippen molar-refractivity contribution in [1.82, 2.24) is 14.9 Å². The molecule has 0 aliphatic heterocycles. The van der Waals surface area contributed by atoms with Crippen LogP contribution in [0.4, 0.5) is 0 Å². The molecule has 1 saturated carbocycles. The van der Waals surface area contributed by atoms with Crippen LogP contribution in [0.2, 0.25) is 0 Å². The second kappa shape index (κ2) is 6.69. The molecule has 0 aromatic carbocycles. The SMILES string of the molecule is C=C(N=C/C=C(\N)c1cnn2c(C)cccc12)NC1CCCC1. The van der Waals surface area contributed by atoms with Gasteiger partial charge in [-0.2, -0.15) is 5.10 Å². The average molecular weight is 309 g/mol. The van der Waals surface area contributed by atoms with Crippen molar-refractivity contribution in [2.45, 2.75) is 38.6 Å². The monoisotopic (exact) mass is 309 g/mol. The van der Waals surface area contributed by atoms with E-state index in [0.29, 0.717) is 17.6 Å². The van der Waals surface area contributed by atoms with Gasteiger partial charge in [0.1, 0.15) is 5.82 Å². The van der Waals surface area contributed by atoms with Gasteiger partial charge >= 0.3 is 0 Å². The Morgan fingerprint density at radius 1 is 1.43 bits per heavy atom. The summed E-state index contributed by atoms with van der Waals surface area (Å²) in [5.74, 6) is 0.691. The van der Waals surface area contributed by atoms with Crippen molar-refractivity contribution in [3.8, 4) is 0 Å². The van der Waals surface area contributed by atoms with Crippen LogP contribution in [0.15, 0.2) is 47.9 Å². The van der Waals surface area contributed by atoms with Gasteiger partial charge in [0.15, 0.2) is 0 Å². The lowest BCUT2D eigenvalue weighted by Crippen LogP contribution is -2.23. The van der Waals surface area contributed by atoms with Gasteiger partial charge < -0.3 is 11.1 Å². The third kappa shape index (κ3) is 3.44. The van der Waals surface area contributed by atoms with E-state index in [1.165, 1.54) is 25.7 Å². The van der Waals surface area contributed by atoms with E-state index in [1.807, 2.05) is 29.6 Å². The van der Waals surface area contributed by atoms with E-state index in [4.69, 9.17) is 5.73 Å². The minimum absolute atomic E-state index is 0.517. The van der Waals surface area contributed by atoms with Gasteiger partial charge in [-0.3, -0.25) is 0 Å². The Labute approximate surface area is 136 Å². The number of aromatic nitrogens is 2. The summed E-state index contributed by atoms with van der Waals surface area (Å²) < 4.78 is 1.88. The summed E-state index contributed by atoms with van der Waals surface area (Å²) in [6, 6.07) is 6.55. The number of hydrogen-bond donors (Lipinski definition) is 2. The third-order valence-corrected chi connectivity index (χ3v) is 4.25. The van der Waals surface area contributed by atoms with E-state index in [-0.39, 0.29) is 0 Å². The number of aryl methyl sites for hydroxylation is 1. The van der Waals surface area contributed by atoms with Crippen molar-refractivity contribution in [2.24, 2.45) is 10.7 Å². The summed E-state index contributed by atoms with van der Waals surface area (Å²) in [6.45, 7) is 5.96. The number of nitrogens with one attached hydrogen (secondary N) is 1. The van der Waals surface area contributed by atoms with Crippen LogP contribution in [-0.2, 0) is 0 Å². The maximum absolute atomic E-state index is 6.17. The van der Waals surface area contributed by atoms with Crippen LogP contribution in [-0.4, -0.2) is 21.9 Å². The van der Waals surface area contributed by atoms with Crippen LogP contribution in [0.3, 0.4) is 0 Å². The average Bonchev–Trinajstić information content (AvgIpc) is 3.17. The molecule has 0 bridgehead atoms. The number of allylic oxidation sites excluding steroid dienone is 1. The lowest BCUT2D eigenvalue weighted by molar-refractivity contribution is 0.583. The summed E-state index contributed by atoms with van der Waals surface area (Å²) in [5, 5.41) is 7.72. The smallest absolute Gasteiger partial charge is 0.118 e. The molecule has 5 heteroatoms. The molecule has 0 saturated heterocycles. The Hall–Kier alpha value is -2.56. The van der Waals surface area contributed by atoms with Crippen molar-refractivity contribution < 1.29 is 0 Å². The van der Waals surface area contributed by atoms with Gasteiger partial charge in [-0.1, -0.05) is 25.5 Å². The lowest BCUT2D eigenvalue weighted by atomic mass is 10.2. The van der Waals surface area contributed by atoms with Gasteiger partial charge in [0.25, 0.3) is 0 Å². The van der Waals surface area contributed by atoms with Gasteiger partial charge in [-0.15, -0.1) is 0 Å². The van der Waals surface area contributed by atoms with E-state index < -0.39 is 0 Å². The molecule has 120 valence electrons. The molecule has 5 nitrogen and oxygen atoms in total. The minimum Gasteiger partial charge on any atom is -0.398 e. The number of pyridine rings is 1.